The molecule has 0 amide bonds. The number of hydrogen-bond donors (Lipinski definition) is 0. The summed E-state index contributed by atoms with van der Waals surface area (Å²) in [5.74, 6) is 0.915. The van der Waals surface area contributed by atoms with Gasteiger partial charge in [0, 0.05) is 13.2 Å². The summed E-state index contributed by atoms with van der Waals surface area (Å²) in [5.41, 5.74) is 4.90. The van der Waals surface area contributed by atoms with Crippen molar-refractivity contribution in [3.05, 3.63) is 53.6 Å². The van der Waals surface area contributed by atoms with Crippen LogP contribution in [0.25, 0.3) is 11.4 Å². The highest BCUT2D eigenvalue weighted by Crippen LogP contribution is 2.32. The Morgan fingerprint density at radius 1 is 1.14 bits per heavy atom. The van der Waals surface area contributed by atoms with Crippen molar-refractivity contribution >= 4 is 0 Å². The second kappa shape index (κ2) is 4.55. The van der Waals surface area contributed by atoms with Gasteiger partial charge >= 0.3 is 0 Å². The lowest BCUT2D eigenvalue weighted by molar-refractivity contribution is 0.479. The third kappa shape index (κ3) is 1.96. The zero-order valence-electron chi connectivity index (χ0n) is 12.2. The molecule has 106 valence electrons. The summed E-state index contributed by atoms with van der Waals surface area (Å²) < 4.78 is 3.89. The molecular formula is C16H17N5. The van der Waals surface area contributed by atoms with Crippen LogP contribution in [0.15, 0.2) is 36.8 Å². The Morgan fingerprint density at radius 3 is 2.48 bits per heavy atom. The SMILES string of the molecule is Cc1nn(C)cc1-c1ncnn1C1Cc2ccccc2C1. The molecule has 1 aromatic carbocycles. The molecule has 5 nitrogen and oxygen atoms in total. The molecular weight excluding hydrogens is 262 g/mol. The van der Waals surface area contributed by atoms with Gasteiger partial charge in [-0.05, 0) is 30.9 Å². The van der Waals surface area contributed by atoms with Crippen LogP contribution in [0.4, 0.5) is 0 Å². The van der Waals surface area contributed by atoms with Gasteiger partial charge in [0.25, 0.3) is 0 Å². The van der Waals surface area contributed by atoms with Gasteiger partial charge in [-0.3, -0.25) is 4.68 Å². The van der Waals surface area contributed by atoms with Crippen molar-refractivity contribution in [2.24, 2.45) is 7.05 Å². The highest BCUT2D eigenvalue weighted by atomic mass is 15.4. The third-order valence-corrected chi connectivity index (χ3v) is 4.20. The molecule has 0 spiro atoms. The Hall–Kier alpha value is -2.43. The van der Waals surface area contributed by atoms with E-state index in [2.05, 4.69) is 44.1 Å². The summed E-state index contributed by atoms with van der Waals surface area (Å²) in [5, 5.41) is 8.89. The van der Waals surface area contributed by atoms with Gasteiger partial charge in [-0.1, -0.05) is 24.3 Å². The monoisotopic (exact) mass is 279 g/mol. The molecule has 21 heavy (non-hydrogen) atoms. The maximum Gasteiger partial charge on any atom is 0.161 e. The molecule has 0 radical (unpaired) electrons. The zero-order chi connectivity index (χ0) is 14.4. The van der Waals surface area contributed by atoms with Gasteiger partial charge in [-0.25, -0.2) is 9.67 Å². The summed E-state index contributed by atoms with van der Waals surface area (Å²) in [6, 6.07) is 8.98. The molecule has 1 aliphatic carbocycles. The number of aryl methyl sites for hydroxylation is 2. The van der Waals surface area contributed by atoms with Crippen LogP contribution in [-0.2, 0) is 19.9 Å². The quantitative estimate of drug-likeness (QED) is 0.723. The first-order chi connectivity index (χ1) is 10.2. The third-order valence-electron chi connectivity index (χ3n) is 4.20. The number of hydrogen-bond acceptors (Lipinski definition) is 3. The maximum absolute atomic E-state index is 4.48. The number of aromatic nitrogens is 5. The molecule has 0 aliphatic heterocycles. The first-order valence-corrected chi connectivity index (χ1v) is 7.19. The maximum atomic E-state index is 4.48. The molecule has 0 saturated heterocycles. The minimum Gasteiger partial charge on any atom is -0.275 e. The van der Waals surface area contributed by atoms with Gasteiger partial charge < -0.3 is 0 Å². The normalized spacial score (nSPS) is 14.6. The molecule has 2 aromatic heterocycles. The summed E-state index contributed by atoms with van der Waals surface area (Å²) in [6.45, 7) is 2.01. The van der Waals surface area contributed by atoms with Crippen molar-refractivity contribution in [2.75, 3.05) is 0 Å². The molecule has 0 fully saturated rings. The summed E-state index contributed by atoms with van der Waals surface area (Å²) in [4.78, 5) is 4.47. The molecule has 0 atom stereocenters. The van der Waals surface area contributed by atoms with Crippen LogP contribution >= 0.6 is 0 Å². The zero-order valence-corrected chi connectivity index (χ0v) is 12.2. The fourth-order valence-corrected chi connectivity index (χ4v) is 3.24. The molecule has 2 heterocycles. The van der Waals surface area contributed by atoms with Gasteiger partial charge in [0.2, 0.25) is 0 Å². The summed E-state index contributed by atoms with van der Waals surface area (Å²) in [7, 11) is 1.93. The van der Waals surface area contributed by atoms with Gasteiger partial charge in [0.15, 0.2) is 5.82 Å². The van der Waals surface area contributed by atoms with Crippen LogP contribution < -0.4 is 0 Å². The molecule has 5 heteroatoms. The fourth-order valence-electron chi connectivity index (χ4n) is 3.24. The van der Waals surface area contributed by atoms with Crippen LogP contribution in [0, 0.1) is 6.92 Å². The van der Waals surface area contributed by atoms with E-state index >= 15 is 0 Å². The predicted octanol–water partition coefficient (Wildman–Crippen LogP) is 2.33. The lowest BCUT2D eigenvalue weighted by atomic mass is 10.1. The highest BCUT2D eigenvalue weighted by molar-refractivity contribution is 5.57. The van der Waals surface area contributed by atoms with Crippen LogP contribution in [0.1, 0.15) is 22.9 Å². The summed E-state index contributed by atoms with van der Waals surface area (Å²) in [6.07, 6.45) is 5.69. The van der Waals surface area contributed by atoms with Gasteiger partial charge in [0.1, 0.15) is 6.33 Å². The summed E-state index contributed by atoms with van der Waals surface area (Å²) >= 11 is 0. The number of fused-ring (bicyclic) bond motifs is 1. The van der Waals surface area contributed by atoms with Crippen molar-refractivity contribution in [1.82, 2.24) is 24.5 Å². The van der Waals surface area contributed by atoms with E-state index in [1.54, 1.807) is 6.33 Å². The number of nitrogens with zero attached hydrogens (tertiary/aromatic N) is 5. The van der Waals surface area contributed by atoms with E-state index in [4.69, 9.17) is 0 Å². The van der Waals surface area contributed by atoms with E-state index in [0.717, 1.165) is 29.9 Å². The fraction of sp³-hybridized carbons (Fsp3) is 0.312. The molecule has 0 bridgehead atoms. The standard InChI is InChI=1S/C16H17N5/c1-11-15(9-20(2)19-11)16-17-10-18-21(16)14-7-12-5-3-4-6-13(12)8-14/h3-6,9-10,14H,7-8H2,1-2H3. The first kappa shape index (κ1) is 12.3. The minimum atomic E-state index is 0.347. The molecule has 1 aliphatic rings. The van der Waals surface area contributed by atoms with Crippen molar-refractivity contribution < 1.29 is 0 Å². The smallest absolute Gasteiger partial charge is 0.161 e. The molecule has 0 unspecified atom stereocenters. The average molecular weight is 279 g/mol. The Bertz CT molecular complexity index is 774. The van der Waals surface area contributed by atoms with Gasteiger partial charge in [-0.2, -0.15) is 10.2 Å². The number of rotatable bonds is 2. The van der Waals surface area contributed by atoms with Crippen molar-refractivity contribution in [2.45, 2.75) is 25.8 Å². The molecule has 0 N–H and O–H groups in total. The second-order valence-corrected chi connectivity index (χ2v) is 5.66. The van der Waals surface area contributed by atoms with E-state index in [9.17, 15) is 0 Å². The lowest BCUT2D eigenvalue weighted by Crippen LogP contribution is -2.12. The van der Waals surface area contributed by atoms with Crippen LogP contribution in [0.2, 0.25) is 0 Å². The number of benzene rings is 1. The Balaban J connectivity index is 1.73. The largest absolute Gasteiger partial charge is 0.275 e. The van der Waals surface area contributed by atoms with Crippen LogP contribution in [0.5, 0.6) is 0 Å². The molecule has 0 saturated carbocycles. The topological polar surface area (TPSA) is 48.5 Å². The van der Waals surface area contributed by atoms with Crippen molar-refractivity contribution in [1.29, 1.82) is 0 Å². The van der Waals surface area contributed by atoms with Crippen LogP contribution in [-0.4, -0.2) is 24.5 Å². The van der Waals surface area contributed by atoms with E-state index in [1.807, 2.05) is 24.9 Å². The Morgan fingerprint density at radius 2 is 1.86 bits per heavy atom. The Labute approximate surface area is 123 Å². The van der Waals surface area contributed by atoms with Gasteiger partial charge in [0.05, 0.1) is 17.3 Å². The van der Waals surface area contributed by atoms with Crippen LogP contribution in [0.3, 0.4) is 0 Å². The highest BCUT2D eigenvalue weighted by Gasteiger charge is 2.26. The molecule has 3 aromatic rings. The van der Waals surface area contributed by atoms with E-state index in [0.29, 0.717) is 6.04 Å². The van der Waals surface area contributed by atoms with Crippen molar-refractivity contribution in [3.63, 3.8) is 0 Å². The van der Waals surface area contributed by atoms with Crippen molar-refractivity contribution in [3.8, 4) is 11.4 Å². The first-order valence-electron chi connectivity index (χ1n) is 7.19. The van der Waals surface area contributed by atoms with E-state index in [1.165, 1.54) is 11.1 Å². The van der Waals surface area contributed by atoms with E-state index in [-0.39, 0.29) is 0 Å². The van der Waals surface area contributed by atoms with Gasteiger partial charge in [-0.15, -0.1) is 0 Å². The lowest BCUT2D eigenvalue weighted by Gasteiger charge is -2.12. The minimum absolute atomic E-state index is 0.347. The Kier molecular flexibility index (Phi) is 2.67. The molecule has 4 rings (SSSR count). The van der Waals surface area contributed by atoms with E-state index < -0.39 is 0 Å². The second-order valence-electron chi connectivity index (χ2n) is 5.66. The predicted molar refractivity (Wildman–Crippen MR) is 79.8 cm³/mol. The average Bonchev–Trinajstić information content (AvgIpc) is 3.15.